The highest BCUT2D eigenvalue weighted by Gasteiger charge is 2.38. The summed E-state index contributed by atoms with van der Waals surface area (Å²) in [5, 5.41) is 2.86. The fraction of sp³-hybridized carbons (Fsp3) is 0.750. The number of rotatable bonds is 8. The molecule has 4 nitrogen and oxygen atoms in total. The van der Waals surface area contributed by atoms with Crippen molar-refractivity contribution in [1.29, 1.82) is 0 Å². The predicted octanol–water partition coefficient (Wildman–Crippen LogP) is 1.83. The van der Waals surface area contributed by atoms with E-state index in [1.165, 1.54) is 0 Å². The average Bonchev–Trinajstić information content (AvgIpc) is 2.98. The van der Waals surface area contributed by atoms with E-state index in [1.807, 2.05) is 0 Å². The SMILES string of the molecule is C=CCCOP(=O)(NCCCl)N1CC1. The Labute approximate surface area is 89.8 Å². The van der Waals surface area contributed by atoms with Crippen molar-refractivity contribution >= 4 is 19.3 Å². The lowest BCUT2D eigenvalue weighted by Gasteiger charge is -2.19. The zero-order chi connectivity index (χ0) is 10.4. The summed E-state index contributed by atoms with van der Waals surface area (Å²) in [7, 11) is -2.78. The van der Waals surface area contributed by atoms with E-state index in [4.69, 9.17) is 16.1 Å². The number of hydrogen-bond acceptors (Lipinski definition) is 2. The molecule has 1 N–H and O–H groups in total. The Kier molecular flexibility index (Phi) is 5.13. The maximum atomic E-state index is 12.1. The van der Waals surface area contributed by atoms with E-state index >= 15 is 0 Å². The molecule has 1 aliphatic heterocycles. The van der Waals surface area contributed by atoms with Crippen molar-refractivity contribution in [2.24, 2.45) is 0 Å². The third kappa shape index (κ3) is 3.71. The predicted molar refractivity (Wildman–Crippen MR) is 58.7 cm³/mol. The molecule has 0 spiro atoms. The van der Waals surface area contributed by atoms with Gasteiger partial charge in [0, 0.05) is 25.5 Å². The number of nitrogens with one attached hydrogen (secondary N) is 1. The highest BCUT2D eigenvalue weighted by molar-refractivity contribution is 7.54. The zero-order valence-corrected chi connectivity index (χ0v) is 9.77. The van der Waals surface area contributed by atoms with Gasteiger partial charge >= 0.3 is 7.67 Å². The van der Waals surface area contributed by atoms with Crippen molar-refractivity contribution in [1.82, 2.24) is 9.76 Å². The van der Waals surface area contributed by atoms with Gasteiger partial charge < -0.3 is 4.52 Å². The Bertz CT molecular complexity index is 233. The highest BCUT2D eigenvalue weighted by Crippen LogP contribution is 2.50. The molecule has 0 aromatic rings. The molecule has 82 valence electrons. The minimum atomic E-state index is -2.78. The van der Waals surface area contributed by atoms with Gasteiger partial charge in [-0.1, -0.05) is 6.08 Å². The molecule has 14 heavy (non-hydrogen) atoms. The van der Waals surface area contributed by atoms with E-state index < -0.39 is 7.67 Å². The van der Waals surface area contributed by atoms with Gasteiger partial charge in [0.1, 0.15) is 0 Å². The van der Waals surface area contributed by atoms with Crippen LogP contribution >= 0.6 is 19.3 Å². The summed E-state index contributed by atoms with van der Waals surface area (Å²) in [5.41, 5.74) is 0. The monoisotopic (exact) mass is 238 g/mol. The molecule has 0 saturated carbocycles. The van der Waals surface area contributed by atoms with E-state index in [1.54, 1.807) is 10.7 Å². The molecule has 6 heteroatoms. The maximum Gasteiger partial charge on any atom is 0.343 e. The van der Waals surface area contributed by atoms with Crippen molar-refractivity contribution in [2.45, 2.75) is 6.42 Å². The molecule has 1 heterocycles. The summed E-state index contributed by atoms with van der Waals surface area (Å²) in [4.78, 5) is 0. The number of hydrogen-bond donors (Lipinski definition) is 1. The summed E-state index contributed by atoms with van der Waals surface area (Å²) in [6.07, 6.45) is 2.45. The van der Waals surface area contributed by atoms with Crippen molar-refractivity contribution in [2.75, 3.05) is 32.1 Å². The first-order valence-electron chi connectivity index (χ1n) is 4.65. The van der Waals surface area contributed by atoms with Crippen molar-refractivity contribution < 1.29 is 9.09 Å². The molecule has 1 fully saturated rings. The van der Waals surface area contributed by atoms with Crippen LogP contribution in [0.2, 0.25) is 0 Å². The molecule has 0 aliphatic carbocycles. The standard InChI is InChI=1S/C8H16ClN2O2P/c1-2-3-8-13-14(12,10-5-4-9)11-6-7-11/h2H,1,3-8H2,(H,10,12). The maximum absolute atomic E-state index is 12.1. The fourth-order valence-electron chi connectivity index (χ4n) is 0.979. The molecule has 1 saturated heterocycles. The van der Waals surface area contributed by atoms with Gasteiger partial charge in [-0.2, -0.15) is 0 Å². The molecule has 1 unspecified atom stereocenters. The van der Waals surface area contributed by atoms with Crippen LogP contribution in [0.5, 0.6) is 0 Å². The molecule has 1 atom stereocenters. The van der Waals surface area contributed by atoms with Gasteiger partial charge in [-0.05, 0) is 6.42 Å². The number of nitrogens with zero attached hydrogens (tertiary/aromatic N) is 1. The van der Waals surface area contributed by atoms with Gasteiger partial charge in [-0.25, -0.2) is 9.76 Å². The first kappa shape index (κ1) is 12.2. The summed E-state index contributed by atoms with van der Waals surface area (Å²) >= 11 is 5.52. The highest BCUT2D eigenvalue weighted by atomic mass is 35.5. The Balaban J connectivity index is 2.35. The smallest absolute Gasteiger partial charge is 0.306 e. The second kappa shape index (κ2) is 5.89. The van der Waals surface area contributed by atoms with Crippen LogP contribution in [0.3, 0.4) is 0 Å². The summed E-state index contributed by atoms with van der Waals surface area (Å²) in [5.74, 6) is 0.433. The van der Waals surface area contributed by atoms with Crippen LogP contribution in [0.25, 0.3) is 0 Å². The lowest BCUT2D eigenvalue weighted by atomic mass is 10.5. The second-order valence-corrected chi connectivity index (χ2v) is 5.54. The Hall–Kier alpha value is 0.140. The van der Waals surface area contributed by atoms with Crippen LogP contribution in [-0.2, 0) is 9.09 Å². The zero-order valence-electron chi connectivity index (χ0n) is 8.12. The average molecular weight is 239 g/mol. The number of alkyl halides is 1. The molecule has 0 bridgehead atoms. The lowest BCUT2D eigenvalue weighted by Crippen LogP contribution is -2.20. The molecule has 0 amide bonds. The van der Waals surface area contributed by atoms with Crippen LogP contribution in [-0.4, -0.2) is 36.8 Å². The van der Waals surface area contributed by atoms with Crippen LogP contribution in [0, 0.1) is 0 Å². The van der Waals surface area contributed by atoms with Crippen LogP contribution < -0.4 is 5.09 Å². The molecule has 1 rings (SSSR count). The molecular formula is C8H16ClN2O2P. The van der Waals surface area contributed by atoms with Crippen LogP contribution in [0.4, 0.5) is 0 Å². The molecular weight excluding hydrogens is 223 g/mol. The van der Waals surface area contributed by atoms with Gasteiger partial charge in [0.2, 0.25) is 0 Å². The largest absolute Gasteiger partial charge is 0.343 e. The quantitative estimate of drug-likeness (QED) is 0.230. The molecule has 0 aromatic carbocycles. The number of halogens is 1. The summed E-state index contributed by atoms with van der Waals surface area (Å²) in [6.45, 7) is 6.19. The Morgan fingerprint density at radius 2 is 2.36 bits per heavy atom. The van der Waals surface area contributed by atoms with Gasteiger partial charge in [-0.3, -0.25) is 4.57 Å². The van der Waals surface area contributed by atoms with E-state index in [-0.39, 0.29) is 0 Å². The van der Waals surface area contributed by atoms with Gasteiger partial charge in [-0.15, -0.1) is 18.2 Å². The molecule has 0 aromatic heterocycles. The van der Waals surface area contributed by atoms with E-state index in [0.29, 0.717) is 25.5 Å². The van der Waals surface area contributed by atoms with E-state index in [9.17, 15) is 4.57 Å². The van der Waals surface area contributed by atoms with Crippen LogP contribution in [0.15, 0.2) is 12.7 Å². The Morgan fingerprint density at radius 1 is 1.64 bits per heavy atom. The first-order chi connectivity index (χ1) is 6.73. The Morgan fingerprint density at radius 3 is 2.86 bits per heavy atom. The normalized spacial score (nSPS) is 20.4. The fourth-order valence-corrected chi connectivity index (χ4v) is 3.02. The third-order valence-corrected chi connectivity index (χ3v) is 4.28. The van der Waals surface area contributed by atoms with Crippen molar-refractivity contribution in [3.8, 4) is 0 Å². The van der Waals surface area contributed by atoms with Crippen LogP contribution in [0.1, 0.15) is 6.42 Å². The summed E-state index contributed by atoms with van der Waals surface area (Å²) in [6, 6.07) is 0. The minimum absolute atomic E-state index is 0.433. The third-order valence-electron chi connectivity index (χ3n) is 1.79. The topological polar surface area (TPSA) is 41.3 Å². The lowest BCUT2D eigenvalue weighted by molar-refractivity contribution is 0.292. The molecule has 1 aliphatic rings. The van der Waals surface area contributed by atoms with Gasteiger partial charge in [0.05, 0.1) is 6.61 Å². The van der Waals surface area contributed by atoms with Gasteiger partial charge in [0.25, 0.3) is 0 Å². The van der Waals surface area contributed by atoms with E-state index in [0.717, 1.165) is 13.1 Å². The molecule has 0 radical (unpaired) electrons. The summed E-state index contributed by atoms with van der Waals surface area (Å²) < 4.78 is 19.2. The van der Waals surface area contributed by atoms with Crippen molar-refractivity contribution in [3.63, 3.8) is 0 Å². The van der Waals surface area contributed by atoms with E-state index in [2.05, 4.69) is 11.7 Å². The van der Waals surface area contributed by atoms with Gasteiger partial charge in [0.15, 0.2) is 0 Å². The second-order valence-electron chi connectivity index (χ2n) is 2.98. The first-order valence-corrected chi connectivity index (χ1v) is 6.76. The van der Waals surface area contributed by atoms with Crippen molar-refractivity contribution in [3.05, 3.63) is 12.7 Å². The minimum Gasteiger partial charge on any atom is -0.306 e.